The van der Waals surface area contributed by atoms with Gasteiger partial charge in [-0.1, -0.05) is 17.7 Å². The first-order valence-electron chi connectivity index (χ1n) is 5.42. The highest BCUT2D eigenvalue weighted by Gasteiger charge is 2.07. The molecule has 0 radical (unpaired) electrons. The van der Waals surface area contributed by atoms with Gasteiger partial charge in [0.2, 0.25) is 0 Å². The smallest absolute Gasteiger partial charge is 0.322 e. The summed E-state index contributed by atoms with van der Waals surface area (Å²) in [5.74, 6) is 0.928. The monoisotopic (exact) mass is 282 g/mol. The minimum absolute atomic E-state index is 0.270. The second-order valence-electron chi connectivity index (χ2n) is 3.93. The molecule has 0 bridgehead atoms. The molecular formula is C13H12Cl2N2O. The summed E-state index contributed by atoms with van der Waals surface area (Å²) in [6.07, 6.45) is 1.66. The van der Waals surface area contributed by atoms with Crippen LogP contribution in [0.5, 0.6) is 11.8 Å². The third-order valence-corrected chi connectivity index (χ3v) is 3.07. The van der Waals surface area contributed by atoms with Crippen LogP contribution in [0.1, 0.15) is 16.8 Å². The third kappa shape index (κ3) is 2.92. The molecule has 0 saturated carbocycles. The van der Waals surface area contributed by atoms with E-state index in [1.165, 1.54) is 0 Å². The first kappa shape index (κ1) is 13.1. The number of hydrogen-bond acceptors (Lipinski definition) is 3. The van der Waals surface area contributed by atoms with Crippen LogP contribution in [0.15, 0.2) is 24.4 Å². The number of benzene rings is 1. The highest BCUT2D eigenvalue weighted by molar-refractivity contribution is 6.32. The minimum atomic E-state index is 0.270. The van der Waals surface area contributed by atoms with Crippen molar-refractivity contribution >= 4 is 23.2 Å². The number of hydrogen-bond donors (Lipinski definition) is 0. The maximum Gasteiger partial charge on any atom is 0.322 e. The van der Waals surface area contributed by atoms with Crippen LogP contribution in [-0.2, 0) is 5.88 Å². The van der Waals surface area contributed by atoms with E-state index in [0.717, 1.165) is 16.8 Å². The van der Waals surface area contributed by atoms with Crippen molar-refractivity contribution in [3.8, 4) is 11.8 Å². The summed E-state index contributed by atoms with van der Waals surface area (Å²) in [6.45, 7) is 3.83. The average molecular weight is 283 g/mol. The van der Waals surface area contributed by atoms with Gasteiger partial charge in [-0.15, -0.1) is 11.6 Å². The molecule has 0 aliphatic heterocycles. The molecule has 2 aromatic rings. The topological polar surface area (TPSA) is 35.0 Å². The lowest BCUT2D eigenvalue weighted by atomic mass is 10.2. The van der Waals surface area contributed by atoms with Gasteiger partial charge in [-0.05, 0) is 31.5 Å². The summed E-state index contributed by atoms with van der Waals surface area (Å²) < 4.78 is 5.55. The standard InChI is InChI=1S/C13H12Cl2N2O/c1-8-3-4-12(11(15)5-8)18-13-16-7-10(6-14)9(2)17-13/h3-5,7H,6H2,1-2H3. The van der Waals surface area contributed by atoms with E-state index in [1.54, 1.807) is 12.3 Å². The minimum Gasteiger partial charge on any atom is -0.423 e. The Morgan fingerprint density at radius 1 is 1.28 bits per heavy atom. The number of halogens is 2. The quantitative estimate of drug-likeness (QED) is 0.789. The van der Waals surface area contributed by atoms with E-state index >= 15 is 0 Å². The van der Waals surface area contributed by atoms with Crippen molar-refractivity contribution in [1.29, 1.82) is 0 Å². The van der Waals surface area contributed by atoms with Crippen molar-refractivity contribution in [3.05, 3.63) is 46.2 Å². The summed E-state index contributed by atoms with van der Waals surface area (Å²) in [4.78, 5) is 8.32. The molecule has 94 valence electrons. The molecule has 0 atom stereocenters. The third-order valence-electron chi connectivity index (χ3n) is 2.49. The first-order valence-corrected chi connectivity index (χ1v) is 6.34. The molecule has 18 heavy (non-hydrogen) atoms. The van der Waals surface area contributed by atoms with Gasteiger partial charge in [0.05, 0.1) is 10.9 Å². The normalized spacial score (nSPS) is 10.4. The van der Waals surface area contributed by atoms with Crippen molar-refractivity contribution in [2.24, 2.45) is 0 Å². The summed E-state index contributed by atoms with van der Waals surface area (Å²) in [5, 5.41) is 0.540. The number of nitrogens with zero attached hydrogens (tertiary/aromatic N) is 2. The van der Waals surface area contributed by atoms with Crippen LogP contribution in [-0.4, -0.2) is 9.97 Å². The number of alkyl halides is 1. The molecule has 5 heteroatoms. The molecule has 0 saturated heterocycles. The Labute approximate surface area is 116 Å². The van der Waals surface area contributed by atoms with Crippen LogP contribution >= 0.6 is 23.2 Å². The van der Waals surface area contributed by atoms with E-state index in [9.17, 15) is 0 Å². The molecule has 0 fully saturated rings. The van der Waals surface area contributed by atoms with Crippen molar-refractivity contribution < 1.29 is 4.74 Å². The van der Waals surface area contributed by atoms with Crippen molar-refractivity contribution in [1.82, 2.24) is 9.97 Å². The van der Waals surface area contributed by atoms with Crippen molar-refractivity contribution in [2.45, 2.75) is 19.7 Å². The summed E-state index contributed by atoms with van der Waals surface area (Å²) >= 11 is 11.8. The van der Waals surface area contributed by atoms with E-state index in [-0.39, 0.29) is 6.01 Å². The molecule has 0 amide bonds. The van der Waals surface area contributed by atoms with Crippen LogP contribution in [0.4, 0.5) is 0 Å². The van der Waals surface area contributed by atoms with Crippen LogP contribution in [0.3, 0.4) is 0 Å². The van der Waals surface area contributed by atoms with Crippen LogP contribution in [0, 0.1) is 13.8 Å². The number of ether oxygens (including phenoxy) is 1. The van der Waals surface area contributed by atoms with Gasteiger partial charge in [0.1, 0.15) is 5.75 Å². The summed E-state index contributed by atoms with van der Waals surface area (Å²) in [5.41, 5.74) is 2.76. The van der Waals surface area contributed by atoms with Gasteiger partial charge in [-0.25, -0.2) is 4.98 Å². The zero-order valence-electron chi connectivity index (χ0n) is 10.1. The van der Waals surface area contributed by atoms with Gasteiger partial charge >= 0.3 is 6.01 Å². The van der Waals surface area contributed by atoms with E-state index in [1.807, 2.05) is 26.0 Å². The molecule has 0 spiro atoms. The lowest BCUT2D eigenvalue weighted by Crippen LogP contribution is -1.97. The van der Waals surface area contributed by atoms with Crippen LogP contribution in [0.25, 0.3) is 0 Å². The molecule has 2 rings (SSSR count). The Bertz CT molecular complexity index is 573. The Balaban J connectivity index is 2.26. The van der Waals surface area contributed by atoms with Gasteiger partial charge < -0.3 is 4.74 Å². The number of rotatable bonds is 3. The van der Waals surface area contributed by atoms with E-state index in [4.69, 9.17) is 27.9 Å². The predicted octanol–water partition coefficient (Wildman–Crippen LogP) is 4.28. The first-order chi connectivity index (χ1) is 8.60. The lowest BCUT2D eigenvalue weighted by molar-refractivity contribution is 0.440. The van der Waals surface area contributed by atoms with Gasteiger partial charge in [0, 0.05) is 17.5 Å². The average Bonchev–Trinajstić information content (AvgIpc) is 2.33. The largest absolute Gasteiger partial charge is 0.423 e. The molecule has 1 aromatic carbocycles. The Morgan fingerprint density at radius 2 is 2.06 bits per heavy atom. The Hall–Kier alpha value is -1.32. The van der Waals surface area contributed by atoms with E-state index < -0.39 is 0 Å². The molecule has 0 unspecified atom stereocenters. The van der Waals surface area contributed by atoms with E-state index in [0.29, 0.717) is 16.7 Å². The second kappa shape index (κ2) is 5.55. The highest BCUT2D eigenvalue weighted by Crippen LogP contribution is 2.28. The fourth-order valence-corrected chi connectivity index (χ4v) is 1.97. The fourth-order valence-electron chi connectivity index (χ4n) is 1.44. The molecule has 3 nitrogen and oxygen atoms in total. The molecule has 1 heterocycles. The molecule has 0 aliphatic carbocycles. The zero-order chi connectivity index (χ0) is 13.1. The molecular weight excluding hydrogens is 271 g/mol. The molecule has 1 aromatic heterocycles. The lowest BCUT2D eigenvalue weighted by Gasteiger charge is -2.08. The summed E-state index contributed by atoms with van der Waals surface area (Å²) in [7, 11) is 0. The van der Waals surface area contributed by atoms with Gasteiger partial charge in [-0.3, -0.25) is 0 Å². The van der Waals surface area contributed by atoms with Gasteiger partial charge in [0.25, 0.3) is 0 Å². The fraction of sp³-hybridized carbons (Fsp3) is 0.231. The number of aryl methyl sites for hydroxylation is 2. The molecule has 0 N–H and O–H groups in total. The van der Waals surface area contributed by atoms with Gasteiger partial charge in [-0.2, -0.15) is 4.98 Å². The predicted molar refractivity (Wildman–Crippen MR) is 72.6 cm³/mol. The Morgan fingerprint density at radius 3 is 2.67 bits per heavy atom. The molecule has 0 aliphatic rings. The van der Waals surface area contributed by atoms with Crippen LogP contribution < -0.4 is 4.74 Å². The number of aromatic nitrogens is 2. The maximum absolute atomic E-state index is 6.08. The van der Waals surface area contributed by atoms with Crippen LogP contribution in [0.2, 0.25) is 5.02 Å². The van der Waals surface area contributed by atoms with Crippen molar-refractivity contribution in [2.75, 3.05) is 0 Å². The van der Waals surface area contributed by atoms with Crippen molar-refractivity contribution in [3.63, 3.8) is 0 Å². The zero-order valence-corrected chi connectivity index (χ0v) is 11.6. The van der Waals surface area contributed by atoms with E-state index in [2.05, 4.69) is 9.97 Å². The highest BCUT2D eigenvalue weighted by atomic mass is 35.5. The SMILES string of the molecule is Cc1ccc(Oc2ncc(CCl)c(C)n2)c(Cl)c1. The summed E-state index contributed by atoms with van der Waals surface area (Å²) in [6, 6.07) is 5.82. The Kier molecular flexibility index (Phi) is 4.04. The second-order valence-corrected chi connectivity index (χ2v) is 4.61. The van der Waals surface area contributed by atoms with Gasteiger partial charge in [0.15, 0.2) is 0 Å². The maximum atomic E-state index is 6.08.